The van der Waals surface area contributed by atoms with Crippen LogP contribution in [0.5, 0.6) is 0 Å². The fourth-order valence-corrected chi connectivity index (χ4v) is 9.83. The van der Waals surface area contributed by atoms with E-state index in [0.29, 0.717) is 48.2 Å². The smallest absolute Gasteiger partial charge is 0.136 e. The van der Waals surface area contributed by atoms with Gasteiger partial charge in [0.15, 0.2) is 0 Å². The highest BCUT2D eigenvalue weighted by Gasteiger charge is 2.63. The molecule has 0 heterocycles. The number of fused-ring (bicyclic) bond motifs is 5. The van der Waals surface area contributed by atoms with Crippen molar-refractivity contribution in [1.82, 2.24) is 0 Å². The Morgan fingerprint density at radius 3 is 2.21 bits per heavy atom. The van der Waals surface area contributed by atoms with Gasteiger partial charge in [0.2, 0.25) is 0 Å². The van der Waals surface area contributed by atoms with Gasteiger partial charge in [-0.25, -0.2) is 0 Å². The molecule has 3 N–H and O–H groups in total. The predicted molar refractivity (Wildman–Crippen MR) is 131 cm³/mol. The van der Waals surface area contributed by atoms with Crippen molar-refractivity contribution in [3.63, 3.8) is 0 Å². The molecule has 12 atom stereocenters. The summed E-state index contributed by atoms with van der Waals surface area (Å²) in [5.41, 5.74) is 0.185. The molecule has 4 saturated carbocycles. The number of carbonyl (C=O) groups is 1. The molecule has 0 aromatic heterocycles. The maximum absolute atomic E-state index is 13.3. The van der Waals surface area contributed by atoms with Crippen LogP contribution in [0.3, 0.4) is 0 Å². The second kappa shape index (κ2) is 9.21. The molecule has 0 spiro atoms. The molecule has 4 heteroatoms. The fourth-order valence-electron chi connectivity index (χ4n) is 9.83. The van der Waals surface area contributed by atoms with Gasteiger partial charge in [0.25, 0.3) is 0 Å². The van der Waals surface area contributed by atoms with Crippen molar-refractivity contribution in [3.05, 3.63) is 0 Å². The lowest BCUT2D eigenvalue weighted by Gasteiger charge is -2.60. The first-order valence-electron chi connectivity index (χ1n) is 14.0. The van der Waals surface area contributed by atoms with Gasteiger partial charge in [-0.05, 0) is 97.2 Å². The van der Waals surface area contributed by atoms with Crippen molar-refractivity contribution in [2.24, 2.45) is 58.2 Å². The molecule has 0 aromatic carbocycles. The highest BCUT2D eigenvalue weighted by molar-refractivity contribution is 5.83. The average Bonchev–Trinajstić information content (AvgIpc) is 3.11. The van der Waals surface area contributed by atoms with Gasteiger partial charge in [-0.15, -0.1) is 0 Å². The molecule has 0 radical (unpaired) electrons. The van der Waals surface area contributed by atoms with E-state index in [-0.39, 0.29) is 34.7 Å². The molecule has 33 heavy (non-hydrogen) atoms. The number of rotatable bonds is 6. The molecule has 0 aliphatic heterocycles. The summed E-state index contributed by atoms with van der Waals surface area (Å²) in [6, 6.07) is 0. The Morgan fingerprint density at radius 1 is 0.939 bits per heavy atom. The van der Waals surface area contributed by atoms with Crippen LogP contribution in [0.15, 0.2) is 0 Å². The molecule has 4 fully saturated rings. The fraction of sp³-hybridized carbons (Fsp3) is 0.966. The highest BCUT2D eigenvalue weighted by Crippen LogP contribution is 2.67. The van der Waals surface area contributed by atoms with Crippen molar-refractivity contribution in [2.45, 2.75) is 118 Å². The van der Waals surface area contributed by atoms with Crippen LogP contribution in [0.4, 0.5) is 0 Å². The van der Waals surface area contributed by atoms with Crippen molar-refractivity contribution in [3.8, 4) is 0 Å². The number of carbonyl (C=O) groups excluding carboxylic acids is 1. The minimum absolute atomic E-state index is 0.0435. The Morgan fingerprint density at radius 2 is 1.58 bits per heavy atom. The zero-order valence-corrected chi connectivity index (χ0v) is 22.0. The minimum atomic E-state index is -0.689. The van der Waals surface area contributed by atoms with Crippen molar-refractivity contribution in [2.75, 3.05) is 0 Å². The Bertz CT molecular complexity index is 720. The topological polar surface area (TPSA) is 77.8 Å². The third-order valence-electron chi connectivity index (χ3n) is 11.8. The molecule has 4 nitrogen and oxygen atoms in total. The zero-order valence-electron chi connectivity index (χ0n) is 22.0. The lowest BCUT2D eigenvalue weighted by molar-refractivity contribution is -0.161. The summed E-state index contributed by atoms with van der Waals surface area (Å²) in [5.74, 6) is 2.94. The minimum Gasteiger partial charge on any atom is -0.393 e. The standard InChI is InChI=1S/C29H50O4/c1-7-19(16(2)3)27(33)26(32)17(4)21-8-9-22-20-15-25(31)24-14-18(30)10-12-29(24,6)23(20)11-13-28(21,22)5/h16-24,26-27,30,32-33H,7-15H2,1-6H3/t17-,18+,19-,20?,21+,22?,23?,24?,26+,27+,28+,29+/m0/s1. The van der Waals surface area contributed by atoms with Crippen LogP contribution in [-0.4, -0.2) is 39.4 Å². The van der Waals surface area contributed by atoms with E-state index in [0.717, 1.165) is 38.5 Å². The van der Waals surface area contributed by atoms with E-state index in [1.807, 2.05) is 0 Å². The molecular weight excluding hydrogens is 412 g/mol. The maximum Gasteiger partial charge on any atom is 0.136 e. The highest BCUT2D eigenvalue weighted by atomic mass is 16.3. The van der Waals surface area contributed by atoms with Gasteiger partial charge in [-0.2, -0.15) is 0 Å². The Balaban J connectivity index is 1.54. The second-order valence-corrected chi connectivity index (χ2v) is 13.4. The normalized spacial score (nSPS) is 46.8. The van der Waals surface area contributed by atoms with E-state index in [9.17, 15) is 20.1 Å². The summed E-state index contributed by atoms with van der Waals surface area (Å²) in [6.45, 7) is 13.3. The number of hydrogen-bond acceptors (Lipinski definition) is 4. The molecule has 4 aliphatic rings. The molecular formula is C29H50O4. The molecule has 0 amide bonds. The van der Waals surface area contributed by atoms with Crippen LogP contribution in [0, 0.1) is 58.2 Å². The van der Waals surface area contributed by atoms with Crippen molar-refractivity contribution < 1.29 is 20.1 Å². The van der Waals surface area contributed by atoms with E-state index in [1.165, 1.54) is 6.42 Å². The number of aliphatic hydroxyl groups excluding tert-OH is 3. The molecule has 190 valence electrons. The van der Waals surface area contributed by atoms with Crippen LogP contribution in [0.2, 0.25) is 0 Å². The third-order valence-corrected chi connectivity index (χ3v) is 11.8. The third kappa shape index (κ3) is 4.04. The Kier molecular flexibility index (Phi) is 7.15. The van der Waals surface area contributed by atoms with Crippen LogP contribution in [0.1, 0.15) is 99.3 Å². The lowest BCUT2D eigenvalue weighted by atomic mass is 9.44. The molecule has 4 rings (SSSR count). The zero-order chi connectivity index (χ0) is 24.3. The van der Waals surface area contributed by atoms with Crippen LogP contribution < -0.4 is 0 Å². The average molecular weight is 463 g/mol. The lowest BCUT2D eigenvalue weighted by Crippen LogP contribution is -2.57. The number of ketones is 1. The second-order valence-electron chi connectivity index (χ2n) is 13.4. The van der Waals surface area contributed by atoms with Gasteiger partial charge in [-0.1, -0.05) is 48.0 Å². The van der Waals surface area contributed by atoms with Gasteiger partial charge in [-0.3, -0.25) is 4.79 Å². The van der Waals surface area contributed by atoms with Gasteiger partial charge in [0.1, 0.15) is 5.78 Å². The van der Waals surface area contributed by atoms with Gasteiger partial charge in [0, 0.05) is 12.3 Å². The van der Waals surface area contributed by atoms with Gasteiger partial charge >= 0.3 is 0 Å². The predicted octanol–water partition coefficient (Wildman–Crippen LogP) is 5.23. The molecule has 4 unspecified atom stereocenters. The first-order chi connectivity index (χ1) is 15.5. The van der Waals surface area contributed by atoms with E-state index in [1.54, 1.807) is 0 Å². The summed E-state index contributed by atoms with van der Waals surface area (Å²) < 4.78 is 0. The van der Waals surface area contributed by atoms with E-state index < -0.39 is 12.2 Å². The number of Topliss-reactive ketones (excluding diaryl/α,β-unsaturated/α-hetero) is 1. The monoisotopic (exact) mass is 462 g/mol. The molecule has 0 saturated heterocycles. The molecule has 0 bridgehead atoms. The van der Waals surface area contributed by atoms with Crippen LogP contribution in [-0.2, 0) is 4.79 Å². The largest absolute Gasteiger partial charge is 0.393 e. The van der Waals surface area contributed by atoms with Gasteiger partial charge in [0.05, 0.1) is 18.3 Å². The maximum atomic E-state index is 13.3. The van der Waals surface area contributed by atoms with Crippen LogP contribution >= 0.6 is 0 Å². The summed E-state index contributed by atoms with van der Waals surface area (Å²) >= 11 is 0. The summed E-state index contributed by atoms with van der Waals surface area (Å²) in [4.78, 5) is 13.3. The van der Waals surface area contributed by atoms with Crippen molar-refractivity contribution in [1.29, 1.82) is 0 Å². The Hall–Kier alpha value is -0.450. The van der Waals surface area contributed by atoms with Gasteiger partial charge < -0.3 is 15.3 Å². The quantitative estimate of drug-likeness (QED) is 0.505. The van der Waals surface area contributed by atoms with E-state index >= 15 is 0 Å². The first kappa shape index (κ1) is 25.6. The van der Waals surface area contributed by atoms with E-state index in [2.05, 4.69) is 41.5 Å². The van der Waals surface area contributed by atoms with Crippen molar-refractivity contribution >= 4 is 5.78 Å². The molecule has 0 aromatic rings. The number of aliphatic hydroxyl groups is 3. The summed E-state index contributed by atoms with van der Waals surface area (Å²) in [7, 11) is 0. The SMILES string of the molecule is CC[C@@H](C(C)C)[C@@H](O)[C@H](O)[C@@H](C)[C@H]1CCC2C3CC(=O)C4C[C@H](O)CC[C@]4(C)C3CC[C@@]21C. The number of hydrogen-bond donors (Lipinski definition) is 3. The summed E-state index contributed by atoms with van der Waals surface area (Å²) in [5, 5.41) is 32.6. The van der Waals surface area contributed by atoms with E-state index in [4.69, 9.17) is 0 Å². The first-order valence-corrected chi connectivity index (χ1v) is 14.0. The summed E-state index contributed by atoms with van der Waals surface area (Å²) in [6.07, 6.45) is 6.96. The van der Waals surface area contributed by atoms with Crippen LogP contribution in [0.25, 0.3) is 0 Å². The molecule has 4 aliphatic carbocycles. The Labute approximate surface area is 201 Å².